The largest absolute Gasteiger partial charge is 0.493 e. The zero-order valence-corrected chi connectivity index (χ0v) is 33.0. The minimum atomic E-state index is -0.847. The molecule has 2 aliphatic heterocycles. The summed E-state index contributed by atoms with van der Waals surface area (Å²) in [6.07, 6.45) is 7.12. The van der Waals surface area contributed by atoms with Crippen LogP contribution in [0, 0.1) is 0 Å². The summed E-state index contributed by atoms with van der Waals surface area (Å²) in [6, 6.07) is 23.9. The van der Waals surface area contributed by atoms with E-state index >= 15 is 0 Å². The molecular formula is C42H40Br2N4O6. The number of fused-ring (bicyclic) bond motifs is 8. The molecule has 3 aromatic heterocycles. The quantitative estimate of drug-likeness (QED) is 0.0795. The highest BCUT2D eigenvalue weighted by molar-refractivity contribution is 9.11. The second kappa shape index (κ2) is 17.3. The number of halogens is 2. The molecule has 2 atom stereocenters. The van der Waals surface area contributed by atoms with Crippen LogP contribution in [0.25, 0.3) is 68.6 Å². The number of aromatic amines is 2. The maximum atomic E-state index is 9.88. The number of rotatable bonds is 14. The molecule has 0 saturated heterocycles. The second-order valence-electron chi connectivity index (χ2n) is 12.5. The Morgan fingerprint density at radius 1 is 0.537 bits per heavy atom. The molecule has 0 amide bonds. The van der Waals surface area contributed by atoms with Crippen LogP contribution in [0.5, 0.6) is 11.5 Å². The molecule has 0 fully saturated rings. The molecule has 5 heterocycles. The molecule has 7 rings (SSSR count). The van der Waals surface area contributed by atoms with Crippen LogP contribution in [-0.2, 0) is 9.47 Å². The van der Waals surface area contributed by atoms with Gasteiger partial charge < -0.3 is 39.1 Å². The molecule has 10 nitrogen and oxygen atoms in total. The van der Waals surface area contributed by atoms with Crippen molar-refractivity contribution in [2.45, 2.75) is 39.3 Å². The Morgan fingerprint density at radius 3 is 1.30 bits per heavy atom. The third-order valence-corrected chi connectivity index (χ3v) is 10.6. The lowest BCUT2D eigenvalue weighted by atomic mass is 10.0. The van der Waals surface area contributed by atoms with E-state index in [9.17, 15) is 10.2 Å². The van der Waals surface area contributed by atoms with Gasteiger partial charge in [-0.1, -0.05) is 24.3 Å². The molecule has 12 heteroatoms. The van der Waals surface area contributed by atoms with Crippen LogP contribution in [0.1, 0.15) is 49.5 Å². The lowest BCUT2D eigenvalue weighted by Gasteiger charge is -2.12. The molecule has 0 aliphatic carbocycles. The summed E-state index contributed by atoms with van der Waals surface area (Å²) in [6.45, 7) is 5.25. The van der Waals surface area contributed by atoms with Crippen LogP contribution in [0.2, 0.25) is 0 Å². The van der Waals surface area contributed by atoms with E-state index in [0.29, 0.717) is 50.8 Å². The standard InChI is InChI=1S/C42H40Br2N4O6/c1-3-51-37(49)21-23-53-27-9-5-25(6-10-27)39-29-13-17-33(45-29)41(43)35-19-15-31(47-35)40(26-7-11-28(12-8-26)54-24-22-38(50)52-4-2)32-16-20-36(48-32)42(44)34-18-14-30(39)46-34/h5-20,37-38,45,48-50H,3-4,21-24H2,1-2H3. The molecule has 2 aromatic carbocycles. The van der Waals surface area contributed by atoms with Gasteiger partial charge in [0.15, 0.2) is 12.6 Å². The van der Waals surface area contributed by atoms with Crippen molar-refractivity contribution in [3.05, 3.63) is 105 Å². The topological polar surface area (TPSA) is 135 Å². The molecule has 0 radical (unpaired) electrons. The number of aliphatic hydroxyl groups is 2. The third-order valence-electron chi connectivity index (χ3n) is 8.90. The molecule has 4 N–H and O–H groups in total. The highest BCUT2D eigenvalue weighted by Gasteiger charge is 2.17. The molecular weight excluding hydrogens is 816 g/mol. The zero-order chi connectivity index (χ0) is 37.6. The van der Waals surface area contributed by atoms with Gasteiger partial charge in [-0.15, -0.1) is 0 Å². The van der Waals surface area contributed by atoms with Crippen LogP contribution in [0.4, 0.5) is 0 Å². The predicted octanol–water partition coefficient (Wildman–Crippen LogP) is 9.76. The smallest absolute Gasteiger partial charge is 0.157 e. The monoisotopic (exact) mass is 854 g/mol. The SMILES string of the molecule is CCOC(O)CCOc1ccc(-c2c3nc(c(Br)c4ccc([nH]4)c(-c4ccc(OCCC(O)OCC)cc4)c4nc(c(Br)c5ccc2[nH]5)C=C4)C=C3)cc1. The first-order chi connectivity index (χ1) is 26.3. The maximum Gasteiger partial charge on any atom is 0.157 e. The summed E-state index contributed by atoms with van der Waals surface area (Å²) < 4.78 is 23.8. The first-order valence-electron chi connectivity index (χ1n) is 17.8. The fraction of sp³-hybridized carbons (Fsp3) is 0.238. The van der Waals surface area contributed by atoms with E-state index in [1.807, 2.05) is 98.8 Å². The average Bonchev–Trinajstić information content (AvgIpc) is 4.01. The van der Waals surface area contributed by atoms with Crippen molar-refractivity contribution in [2.75, 3.05) is 26.4 Å². The van der Waals surface area contributed by atoms with Gasteiger partial charge in [-0.3, -0.25) is 0 Å². The van der Waals surface area contributed by atoms with Gasteiger partial charge >= 0.3 is 0 Å². The second-order valence-corrected chi connectivity index (χ2v) is 14.1. The Hall–Kier alpha value is -4.56. The minimum Gasteiger partial charge on any atom is -0.493 e. The van der Waals surface area contributed by atoms with Crippen LogP contribution in [0.3, 0.4) is 0 Å². The summed E-state index contributed by atoms with van der Waals surface area (Å²) in [5.41, 5.74) is 10.4. The van der Waals surface area contributed by atoms with Crippen molar-refractivity contribution in [2.24, 2.45) is 0 Å². The van der Waals surface area contributed by atoms with Crippen molar-refractivity contribution in [1.82, 2.24) is 19.9 Å². The summed E-state index contributed by atoms with van der Waals surface area (Å²) >= 11 is 7.70. The first kappa shape index (κ1) is 37.7. The van der Waals surface area contributed by atoms with Gasteiger partial charge in [-0.05, 0) is 130 Å². The van der Waals surface area contributed by atoms with Gasteiger partial charge in [0, 0.05) is 48.2 Å². The first-order valence-corrected chi connectivity index (χ1v) is 19.4. The van der Waals surface area contributed by atoms with Crippen LogP contribution >= 0.6 is 31.9 Å². The van der Waals surface area contributed by atoms with Crippen molar-refractivity contribution in [3.63, 3.8) is 0 Å². The Labute approximate surface area is 329 Å². The molecule has 5 aromatic rings. The number of hydrogen-bond donors (Lipinski definition) is 4. The van der Waals surface area contributed by atoms with Crippen molar-refractivity contribution in [3.8, 4) is 33.8 Å². The van der Waals surface area contributed by atoms with Gasteiger partial charge in [0.25, 0.3) is 0 Å². The van der Waals surface area contributed by atoms with Crippen LogP contribution in [-0.4, -0.2) is 69.2 Å². The fourth-order valence-corrected chi connectivity index (χ4v) is 7.19. The molecule has 0 saturated carbocycles. The van der Waals surface area contributed by atoms with Crippen molar-refractivity contribution in [1.29, 1.82) is 0 Å². The molecule has 8 bridgehead atoms. The predicted molar refractivity (Wildman–Crippen MR) is 221 cm³/mol. The Kier molecular flexibility index (Phi) is 12.1. The van der Waals surface area contributed by atoms with E-state index in [-0.39, 0.29) is 0 Å². The summed E-state index contributed by atoms with van der Waals surface area (Å²) in [7, 11) is 0. The Bertz CT molecular complexity index is 2170. The van der Waals surface area contributed by atoms with E-state index < -0.39 is 12.6 Å². The molecule has 54 heavy (non-hydrogen) atoms. The zero-order valence-electron chi connectivity index (χ0n) is 29.8. The number of aliphatic hydroxyl groups excluding tert-OH is 2. The number of nitrogens with zero attached hydrogens (tertiary/aromatic N) is 2. The summed E-state index contributed by atoms with van der Waals surface area (Å²) in [5.74, 6) is 1.39. The Morgan fingerprint density at radius 2 is 0.907 bits per heavy atom. The normalized spacial score (nSPS) is 13.3. The average molecular weight is 857 g/mol. The molecule has 0 spiro atoms. The number of aromatic nitrogens is 4. The molecule has 2 aliphatic rings. The minimum absolute atomic E-state index is 0.333. The lowest BCUT2D eigenvalue weighted by molar-refractivity contribution is -0.103. The fourth-order valence-electron chi connectivity index (χ4n) is 6.29. The molecule has 2 unspecified atom stereocenters. The van der Waals surface area contributed by atoms with E-state index in [1.54, 1.807) is 0 Å². The van der Waals surface area contributed by atoms with Gasteiger partial charge in [0.2, 0.25) is 0 Å². The summed E-state index contributed by atoms with van der Waals surface area (Å²) in [4.78, 5) is 17.4. The Balaban J connectivity index is 1.31. The summed E-state index contributed by atoms with van der Waals surface area (Å²) in [5, 5.41) is 19.8. The van der Waals surface area contributed by atoms with Crippen LogP contribution < -0.4 is 9.47 Å². The van der Waals surface area contributed by atoms with Crippen molar-refractivity contribution >= 4 is 78.2 Å². The van der Waals surface area contributed by atoms with Crippen molar-refractivity contribution < 1.29 is 29.2 Å². The highest BCUT2D eigenvalue weighted by Crippen LogP contribution is 2.37. The number of H-pyrrole nitrogens is 2. The number of hydrogen-bond acceptors (Lipinski definition) is 8. The third kappa shape index (κ3) is 8.54. The van der Waals surface area contributed by atoms with Gasteiger partial charge in [0.1, 0.15) is 11.5 Å². The van der Waals surface area contributed by atoms with Gasteiger partial charge in [-0.2, -0.15) is 0 Å². The maximum absolute atomic E-state index is 9.88. The number of nitrogens with one attached hydrogen (secondary N) is 2. The van der Waals surface area contributed by atoms with Gasteiger partial charge in [-0.25, -0.2) is 9.97 Å². The van der Waals surface area contributed by atoms with E-state index in [0.717, 1.165) is 76.0 Å². The lowest BCUT2D eigenvalue weighted by Crippen LogP contribution is -2.15. The highest BCUT2D eigenvalue weighted by atomic mass is 79.9. The number of benzene rings is 2. The van der Waals surface area contributed by atoms with E-state index in [4.69, 9.17) is 28.9 Å². The van der Waals surface area contributed by atoms with Gasteiger partial charge in [0.05, 0.1) is 56.0 Å². The number of ether oxygens (including phenoxy) is 4. The van der Waals surface area contributed by atoms with Crippen LogP contribution in [0.15, 0.2) is 81.7 Å². The van der Waals surface area contributed by atoms with E-state index in [2.05, 4.69) is 54.0 Å². The van der Waals surface area contributed by atoms with E-state index in [1.165, 1.54) is 0 Å². The molecule has 278 valence electrons.